The first-order valence-corrected chi connectivity index (χ1v) is 7.29. The standard InChI is InChI=1S/C16H22N2O3/c1-3-13(2)21-16(19)18-10-6-15(7-11-18)20-12-14-4-8-17-9-5-14/h3-5,8-9,15H,6-7,10-12H2,1-2H3/b13-3+. The van der Waals surface area contributed by atoms with Crippen LogP contribution in [0.15, 0.2) is 36.4 Å². The van der Waals surface area contributed by atoms with E-state index in [-0.39, 0.29) is 12.2 Å². The number of pyridine rings is 1. The summed E-state index contributed by atoms with van der Waals surface area (Å²) in [7, 11) is 0. The molecular formula is C16H22N2O3. The van der Waals surface area contributed by atoms with Crippen molar-refractivity contribution in [1.82, 2.24) is 9.88 Å². The van der Waals surface area contributed by atoms with Gasteiger partial charge in [-0.25, -0.2) is 4.79 Å². The summed E-state index contributed by atoms with van der Waals surface area (Å²) in [6, 6.07) is 3.90. The average Bonchev–Trinajstić information content (AvgIpc) is 2.54. The molecule has 0 unspecified atom stereocenters. The van der Waals surface area contributed by atoms with E-state index in [1.54, 1.807) is 30.3 Å². The van der Waals surface area contributed by atoms with E-state index in [9.17, 15) is 4.79 Å². The highest BCUT2D eigenvalue weighted by Crippen LogP contribution is 2.17. The van der Waals surface area contributed by atoms with E-state index >= 15 is 0 Å². The molecule has 5 heteroatoms. The highest BCUT2D eigenvalue weighted by Gasteiger charge is 2.24. The lowest BCUT2D eigenvalue weighted by Gasteiger charge is -2.31. The number of aromatic nitrogens is 1. The van der Waals surface area contributed by atoms with Crippen LogP contribution in [0.5, 0.6) is 0 Å². The minimum absolute atomic E-state index is 0.199. The van der Waals surface area contributed by atoms with Gasteiger partial charge in [0.15, 0.2) is 0 Å². The van der Waals surface area contributed by atoms with E-state index in [0.717, 1.165) is 18.4 Å². The highest BCUT2D eigenvalue weighted by atomic mass is 16.6. The van der Waals surface area contributed by atoms with E-state index in [2.05, 4.69) is 4.98 Å². The summed E-state index contributed by atoms with van der Waals surface area (Å²) in [5, 5.41) is 0. The summed E-state index contributed by atoms with van der Waals surface area (Å²) in [6.07, 6.45) is 6.93. The summed E-state index contributed by atoms with van der Waals surface area (Å²) in [5.74, 6) is 0.635. The second kappa shape index (κ2) is 7.78. The van der Waals surface area contributed by atoms with Gasteiger partial charge in [0.1, 0.15) is 5.76 Å². The Bertz CT molecular complexity index is 480. The van der Waals surface area contributed by atoms with Crippen LogP contribution < -0.4 is 0 Å². The van der Waals surface area contributed by atoms with Crippen LogP contribution in [0, 0.1) is 0 Å². The van der Waals surface area contributed by atoms with Crippen molar-refractivity contribution in [1.29, 1.82) is 0 Å². The molecule has 1 amide bonds. The number of ether oxygens (including phenoxy) is 2. The molecule has 0 aliphatic carbocycles. The van der Waals surface area contributed by atoms with Crippen molar-refractivity contribution < 1.29 is 14.3 Å². The lowest BCUT2D eigenvalue weighted by molar-refractivity contribution is -0.000846. The predicted octanol–water partition coefficient (Wildman–Crippen LogP) is 3.12. The Labute approximate surface area is 125 Å². The molecule has 1 aromatic heterocycles. The number of piperidine rings is 1. The van der Waals surface area contributed by atoms with Crippen molar-refractivity contribution in [2.45, 2.75) is 39.4 Å². The highest BCUT2D eigenvalue weighted by molar-refractivity contribution is 5.68. The van der Waals surface area contributed by atoms with Crippen LogP contribution in [0.4, 0.5) is 4.79 Å². The smallest absolute Gasteiger partial charge is 0.414 e. The summed E-state index contributed by atoms with van der Waals surface area (Å²) in [4.78, 5) is 17.6. The number of hydrogen-bond acceptors (Lipinski definition) is 4. The zero-order valence-electron chi connectivity index (χ0n) is 12.6. The number of allylic oxidation sites excluding steroid dienone is 2. The zero-order valence-corrected chi connectivity index (χ0v) is 12.6. The van der Waals surface area contributed by atoms with Gasteiger partial charge in [-0.2, -0.15) is 0 Å². The van der Waals surface area contributed by atoms with Crippen LogP contribution in [0.2, 0.25) is 0 Å². The minimum atomic E-state index is -0.266. The van der Waals surface area contributed by atoms with Gasteiger partial charge >= 0.3 is 6.09 Å². The second-order valence-corrected chi connectivity index (χ2v) is 5.12. The number of carbonyl (C=O) groups excluding carboxylic acids is 1. The molecule has 1 aromatic rings. The Morgan fingerprint density at radius 3 is 2.67 bits per heavy atom. The maximum Gasteiger partial charge on any atom is 0.414 e. The first-order chi connectivity index (χ1) is 10.2. The molecule has 0 N–H and O–H groups in total. The molecule has 1 aliphatic rings. The number of likely N-dealkylation sites (tertiary alicyclic amines) is 1. The van der Waals surface area contributed by atoms with Gasteiger partial charge in [-0.15, -0.1) is 0 Å². The van der Waals surface area contributed by atoms with Crippen molar-refractivity contribution in [2.24, 2.45) is 0 Å². The first kappa shape index (κ1) is 15.5. The maximum absolute atomic E-state index is 11.9. The van der Waals surface area contributed by atoms with E-state index in [0.29, 0.717) is 25.5 Å². The molecule has 0 atom stereocenters. The fourth-order valence-electron chi connectivity index (χ4n) is 2.16. The lowest BCUT2D eigenvalue weighted by atomic mass is 10.1. The first-order valence-electron chi connectivity index (χ1n) is 7.29. The van der Waals surface area contributed by atoms with Crippen molar-refractivity contribution >= 4 is 6.09 Å². The molecule has 21 heavy (non-hydrogen) atoms. The van der Waals surface area contributed by atoms with Gasteiger partial charge in [0.25, 0.3) is 0 Å². The monoisotopic (exact) mass is 290 g/mol. The van der Waals surface area contributed by atoms with Crippen LogP contribution in [-0.2, 0) is 16.1 Å². The number of carbonyl (C=O) groups is 1. The van der Waals surface area contributed by atoms with Gasteiger partial charge in [0.2, 0.25) is 0 Å². The molecule has 1 fully saturated rings. The third-order valence-electron chi connectivity index (χ3n) is 3.59. The van der Waals surface area contributed by atoms with Crippen molar-refractivity contribution in [3.63, 3.8) is 0 Å². The largest absolute Gasteiger partial charge is 0.415 e. The van der Waals surface area contributed by atoms with Crippen LogP contribution in [0.1, 0.15) is 32.3 Å². The van der Waals surface area contributed by atoms with E-state index < -0.39 is 0 Å². The van der Waals surface area contributed by atoms with Gasteiger partial charge in [-0.3, -0.25) is 4.98 Å². The quantitative estimate of drug-likeness (QED) is 0.799. The fourth-order valence-corrected chi connectivity index (χ4v) is 2.16. The number of nitrogens with zero attached hydrogens (tertiary/aromatic N) is 2. The number of amides is 1. The molecule has 0 radical (unpaired) electrons. The van der Waals surface area contributed by atoms with Crippen LogP contribution >= 0.6 is 0 Å². The molecule has 0 aromatic carbocycles. The SMILES string of the molecule is C/C=C(\C)OC(=O)N1CCC(OCc2ccncc2)CC1. The van der Waals surface area contributed by atoms with Gasteiger partial charge in [-0.1, -0.05) is 0 Å². The lowest BCUT2D eigenvalue weighted by Crippen LogP contribution is -2.41. The average molecular weight is 290 g/mol. The molecule has 5 nitrogen and oxygen atoms in total. The van der Waals surface area contributed by atoms with Gasteiger partial charge in [-0.05, 0) is 50.5 Å². The molecule has 0 spiro atoms. The van der Waals surface area contributed by atoms with Crippen molar-refractivity contribution in [3.05, 3.63) is 41.9 Å². The summed E-state index contributed by atoms with van der Waals surface area (Å²) in [6.45, 7) is 5.58. The minimum Gasteiger partial charge on any atom is -0.415 e. The number of rotatable bonds is 4. The third-order valence-corrected chi connectivity index (χ3v) is 3.59. The Kier molecular flexibility index (Phi) is 5.75. The number of hydrogen-bond donors (Lipinski definition) is 0. The van der Waals surface area contributed by atoms with E-state index in [1.807, 2.05) is 19.1 Å². The molecule has 2 heterocycles. The Balaban J connectivity index is 1.72. The van der Waals surface area contributed by atoms with Gasteiger partial charge < -0.3 is 14.4 Å². The van der Waals surface area contributed by atoms with Gasteiger partial charge in [0, 0.05) is 25.5 Å². The molecule has 2 rings (SSSR count). The van der Waals surface area contributed by atoms with E-state index in [1.165, 1.54) is 0 Å². The van der Waals surface area contributed by atoms with Crippen LogP contribution in [0.3, 0.4) is 0 Å². The van der Waals surface area contributed by atoms with Crippen LogP contribution in [0.25, 0.3) is 0 Å². The molecular weight excluding hydrogens is 268 g/mol. The van der Waals surface area contributed by atoms with Crippen LogP contribution in [-0.4, -0.2) is 35.2 Å². The summed E-state index contributed by atoms with van der Waals surface area (Å²) >= 11 is 0. The fraction of sp³-hybridized carbons (Fsp3) is 0.500. The Morgan fingerprint density at radius 2 is 2.05 bits per heavy atom. The zero-order chi connectivity index (χ0) is 15.1. The molecule has 0 bridgehead atoms. The Hall–Kier alpha value is -1.88. The predicted molar refractivity (Wildman–Crippen MR) is 79.5 cm³/mol. The van der Waals surface area contributed by atoms with Crippen molar-refractivity contribution in [2.75, 3.05) is 13.1 Å². The molecule has 0 saturated carbocycles. The Morgan fingerprint density at radius 1 is 1.38 bits per heavy atom. The molecule has 1 saturated heterocycles. The topological polar surface area (TPSA) is 51.7 Å². The maximum atomic E-state index is 11.9. The second-order valence-electron chi connectivity index (χ2n) is 5.12. The van der Waals surface area contributed by atoms with Crippen molar-refractivity contribution in [3.8, 4) is 0 Å². The molecule has 114 valence electrons. The third kappa shape index (κ3) is 4.86. The molecule has 1 aliphatic heterocycles. The normalized spacial score (nSPS) is 16.9. The summed E-state index contributed by atoms with van der Waals surface area (Å²) in [5.41, 5.74) is 1.12. The van der Waals surface area contributed by atoms with E-state index in [4.69, 9.17) is 9.47 Å². The van der Waals surface area contributed by atoms with Gasteiger partial charge in [0.05, 0.1) is 12.7 Å². The summed E-state index contributed by atoms with van der Waals surface area (Å²) < 4.78 is 11.1.